The van der Waals surface area contributed by atoms with E-state index in [2.05, 4.69) is 41.4 Å². The molecule has 24 heavy (non-hydrogen) atoms. The summed E-state index contributed by atoms with van der Waals surface area (Å²) in [7, 11) is 0. The smallest absolute Gasteiger partial charge is 0.292 e. The van der Waals surface area contributed by atoms with E-state index in [-0.39, 0.29) is 16.7 Å². The van der Waals surface area contributed by atoms with Crippen LogP contribution < -0.4 is 5.32 Å². The first-order valence-corrected chi connectivity index (χ1v) is 8.39. The van der Waals surface area contributed by atoms with E-state index in [1.807, 2.05) is 12.1 Å². The monoisotopic (exact) mass is 325 g/mol. The summed E-state index contributed by atoms with van der Waals surface area (Å²) >= 11 is 0. The molecule has 0 radical (unpaired) electrons. The summed E-state index contributed by atoms with van der Waals surface area (Å²) in [5.41, 5.74) is 2.10. The lowest BCUT2D eigenvalue weighted by molar-refractivity contribution is -0.384. The van der Waals surface area contributed by atoms with Gasteiger partial charge in [-0.15, -0.1) is 0 Å². The molecule has 1 aliphatic rings. The molecule has 0 spiro atoms. The number of nitrogens with one attached hydrogen (secondary N) is 1. The molecule has 0 saturated carbocycles. The highest BCUT2D eigenvalue weighted by atomic mass is 16.6. The molecule has 1 saturated heterocycles. The van der Waals surface area contributed by atoms with Gasteiger partial charge in [-0.05, 0) is 24.0 Å². The predicted molar refractivity (Wildman–Crippen MR) is 96.0 cm³/mol. The maximum absolute atomic E-state index is 11.2. The molecule has 0 aromatic heterocycles. The normalized spacial score (nSPS) is 21.4. The van der Waals surface area contributed by atoms with Crippen molar-refractivity contribution in [3.8, 4) is 0 Å². The van der Waals surface area contributed by atoms with Crippen LogP contribution in [0.1, 0.15) is 18.9 Å². The Morgan fingerprint density at radius 1 is 1.17 bits per heavy atom. The third-order valence-electron chi connectivity index (χ3n) is 4.68. The fourth-order valence-electron chi connectivity index (χ4n) is 3.39. The molecule has 1 aliphatic heterocycles. The van der Waals surface area contributed by atoms with Crippen LogP contribution in [0.25, 0.3) is 0 Å². The number of nitrogens with zero attached hydrogens (tertiary/aromatic N) is 2. The molecule has 0 bridgehead atoms. The van der Waals surface area contributed by atoms with E-state index in [4.69, 9.17) is 0 Å². The molecular formula is C19H23N3O2. The van der Waals surface area contributed by atoms with Crippen LogP contribution in [0.15, 0.2) is 54.6 Å². The molecule has 2 unspecified atom stereocenters. The average molecular weight is 325 g/mol. The number of anilines is 1. The van der Waals surface area contributed by atoms with Gasteiger partial charge in [-0.2, -0.15) is 0 Å². The second-order valence-corrected chi connectivity index (χ2v) is 6.51. The van der Waals surface area contributed by atoms with Crippen LogP contribution in [0, 0.1) is 16.0 Å². The van der Waals surface area contributed by atoms with Crippen LogP contribution in [0.3, 0.4) is 0 Å². The third-order valence-corrected chi connectivity index (χ3v) is 4.68. The Hall–Kier alpha value is -2.40. The van der Waals surface area contributed by atoms with Crippen molar-refractivity contribution in [2.75, 3.05) is 18.4 Å². The molecule has 1 heterocycles. The summed E-state index contributed by atoms with van der Waals surface area (Å²) < 4.78 is 0. The van der Waals surface area contributed by atoms with E-state index >= 15 is 0 Å². The highest BCUT2D eigenvalue weighted by Crippen LogP contribution is 2.28. The lowest BCUT2D eigenvalue weighted by atomic mass is 9.93. The van der Waals surface area contributed by atoms with Crippen LogP contribution in [0.5, 0.6) is 0 Å². The second kappa shape index (κ2) is 7.45. The molecule has 0 amide bonds. The summed E-state index contributed by atoms with van der Waals surface area (Å²) in [6.45, 7) is 5.16. The first-order valence-electron chi connectivity index (χ1n) is 8.39. The van der Waals surface area contributed by atoms with Crippen molar-refractivity contribution in [1.29, 1.82) is 0 Å². The van der Waals surface area contributed by atoms with Crippen LogP contribution >= 0.6 is 0 Å². The Morgan fingerprint density at radius 2 is 1.88 bits per heavy atom. The molecule has 5 heteroatoms. The maximum atomic E-state index is 11.2. The van der Waals surface area contributed by atoms with Gasteiger partial charge in [0.05, 0.1) is 4.92 Å². The fraction of sp³-hybridized carbons (Fsp3) is 0.368. The Morgan fingerprint density at radius 3 is 2.58 bits per heavy atom. The number of para-hydroxylation sites is 2. The van der Waals surface area contributed by atoms with E-state index in [1.54, 1.807) is 18.2 Å². The molecule has 5 nitrogen and oxygen atoms in total. The minimum Gasteiger partial charge on any atom is -0.376 e. The third kappa shape index (κ3) is 3.92. The summed E-state index contributed by atoms with van der Waals surface area (Å²) in [5.74, 6) is 0.433. The number of benzene rings is 2. The lowest BCUT2D eigenvalue weighted by Crippen LogP contribution is -2.44. The van der Waals surface area contributed by atoms with E-state index in [1.165, 1.54) is 5.56 Å². The molecule has 1 fully saturated rings. The van der Waals surface area contributed by atoms with Gasteiger partial charge in [0.2, 0.25) is 0 Å². The zero-order chi connectivity index (χ0) is 16.9. The molecule has 2 aromatic rings. The molecule has 126 valence electrons. The molecule has 2 aromatic carbocycles. The van der Waals surface area contributed by atoms with Crippen molar-refractivity contribution in [2.24, 2.45) is 5.92 Å². The lowest BCUT2D eigenvalue weighted by Gasteiger charge is -2.37. The maximum Gasteiger partial charge on any atom is 0.292 e. The Balaban J connectivity index is 1.61. The van der Waals surface area contributed by atoms with Gasteiger partial charge in [0.15, 0.2) is 0 Å². The predicted octanol–water partition coefficient (Wildman–Crippen LogP) is 3.92. The number of rotatable bonds is 5. The quantitative estimate of drug-likeness (QED) is 0.669. The minimum absolute atomic E-state index is 0.149. The average Bonchev–Trinajstić information content (AvgIpc) is 2.58. The van der Waals surface area contributed by atoms with Gasteiger partial charge >= 0.3 is 0 Å². The van der Waals surface area contributed by atoms with E-state index < -0.39 is 0 Å². The van der Waals surface area contributed by atoms with Gasteiger partial charge in [0.1, 0.15) is 5.69 Å². The van der Waals surface area contributed by atoms with Crippen LogP contribution in [-0.2, 0) is 6.54 Å². The zero-order valence-electron chi connectivity index (χ0n) is 13.9. The van der Waals surface area contributed by atoms with Crippen molar-refractivity contribution in [1.82, 2.24) is 4.90 Å². The van der Waals surface area contributed by atoms with E-state index in [0.717, 1.165) is 26.1 Å². The van der Waals surface area contributed by atoms with Gasteiger partial charge in [-0.25, -0.2) is 0 Å². The highest BCUT2D eigenvalue weighted by molar-refractivity contribution is 5.61. The van der Waals surface area contributed by atoms with Crippen LogP contribution in [0.2, 0.25) is 0 Å². The SMILES string of the molecule is CC1CN(Cc2ccccc2)CCC1Nc1ccccc1[N+](=O)[O-]. The van der Waals surface area contributed by atoms with Crippen molar-refractivity contribution in [3.63, 3.8) is 0 Å². The number of likely N-dealkylation sites (tertiary alicyclic amines) is 1. The van der Waals surface area contributed by atoms with Crippen molar-refractivity contribution >= 4 is 11.4 Å². The van der Waals surface area contributed by atoms with Gasteiger partial charge in [-0.3, -0.25) is 15.0 Å². The zero-order valence-corrected chi connectivity index (χ0v) is 13.9. The largest absolute Gasteiger partial charge is 0.376 e. The van der Waals surface area contributed by atoms with Crippen LogP contribution in [-0.4, -0.2) is 29.0 Å². The van der Waals surface area contributed by atoms with E-state index in [9.17, 15) is 10.1 Å². The van der Waals surface area contributed by atoms with Gasteiger partial charge in [-0.1, -0.05) is 49.4 Å². The first kappa shape index (κ1) is 16.5. The Labute approximate surface area is 142 Å². The topological polar surface area (TPSA) is 58.4 Å². The fourth-order valence-corrected chi connectivity index (χ4v) is 3.39. The second-order valence-electron chi connectivity index (χ2n) is 6.51. The van der Waals surface area contributed by atoms with Crippen molar-refractivity contribution < 1.29 is 4.92 Å². The Kier molecular flexibility index (Phi) is 5.11. The summed E-state index contributed by atoms with van der Waals surface area (Å²) in [5, 5.41) is 14.6. The highest BCUT2D eigenvalue weighted by Gasteiger charge is 2.27. The number of hydrogen-bond donors (Lipinski definition) is 1. The molecule has 0 aliphatic carbocycles. The number of piperidine rings is 1. The van der Waals surface area contributed by atoms with E-state index in [0.29, 0.717) is 11.6 Å². The van der Waals surface area contributed by atoms with Crippen molar-refractivity contribution in [3.05, 3.63) is 70.3 Å². The van der Waals surface area contributed by atoms with Gasteiger partial charge < -0.3 is 5.32 Å². The van der Waals surface area contributed by atoms with Crippen molar-refractivity contribution in [2.45, 2.75) is 25.9 Å². The van der Waals surface area contributed by atoms with Gasteiger partial charge in [0, 0.05) is 31.7 Å². The number of nitro benzene ring substituents is 1. The number of nitro groups is 1. The van der Waals surface area contributed by atoms with Gasteiger partial charge in [0.25, 0.3) is 5.69 Å². The molecule has 3 rings (SSSR count). The summed E-state index contributed by atoms with van der Waals surface area (Å²) in [6, 6.07) is 17.6. The summed E-state index contributed by atoms with van der Waals surface area (Å²) in [6.07, 6.45) is 0.986. The standard InChI is InChI=1S/C19H23N3O2/c1-15-13-21(14-16-7-3-2-4-8-16)12-11-17(15)20-18-9-5-6-10-19(18)22(23)24/h2-10,15,17,20H,11-14H2,1H3. The molecular weight excluding hydrogens is 302 g/mol. The molecule has 2 atom stereocenters. The minimum atomic E-state index is -0.322. The van der Waals surface area contributed by atoms with Crippen LogP contribution in [0.4, 0.5) is 11.4 Å². The number of hydrogen-bond acceptors (Lipinski definition) is 4. The first-order chi connectivity index (χ1) is 11.6. The molecule has 1 N–H and O–H groups in total. The summed E-state index contributed by atoms with van der Waals surface area (Å²) in [4.78, 5) is 13.3. The Bertz CT molecular complexity index is 690.